The minimum absolute atomic E-state index is 0.493. The average Bonchev–Trinajstić information content (AvgIpc) is 3.78. The molecule has 0 atom stereocenters. The second-order valence-corrected chi connectivity index (χ2v) is 15.8. The van der Waals surface area contributed by atoms with Crippen molar-refractivity contribution in [1.82, 2.24) is 17.8 Å². The Kier molecular flexibility index (Phi) is 14.9. The number of halogens is 6. The number of imidazole rings is 3. The van der Waals surface area contributed by atoms with Crippen LogP contribution in [0.5, 0.6) is 0 Å². The third-order valence-corrected chi connectivity index (χ3v) is 10.6. The van der Waals surface area contributed by atoms with Gasteiger partial charge in [-0.1, -0.05) is 44.2 Å². The standard InChI is InChI=1S/C30H45N6.C2HF6NO4S2/c1-4-7-10-31-13-16-34(25-31)22-28-19-29(23-35-17-14-32(26-35)11-8-5-2)21-30(20-28)24-36-18-15-33(27-36)12-9-6-3;3-1(4,5)14(10,11)9-15(12,13)2(6,7)8/h13-21,25-27H,4-12,22-24H2,1-3H3;9H/q+3;. The molecule has 1 aromatic carbocycles. The van der Waals surface area contributed by atoms with Crippen LogP contribution in [0.25, 0.3) is 0 Å². The van der Waals surface area contributed by atoms with Crippen molar-refractivity contribution in [3.63, 3.8) is 0 Å². The van der Waals surface area contributed by atoms with Crippen LogP contribution in [0.2, 0.25) is 0 Å². The molecule has 3 aromatic heterocycles. The highest BCUT2D eigenvalue weighted by Crippen LogP contribution is 2.27. The van der Waals surface area contributed by atoms with E-state index >= 15 is 0 Å². The number of aryl methyl sites for hydroxylation is 3. The number of benzene rings is 1. The van der Waals surface area contributed by atoms with Gasteiger partial charge in [-0.15, -0.1) is 0 Å². The Hall–Kier alpha value is -3.71. The van der Waals surface area contributed by atoms with Crippen LogP contribution < -0.4 is 17.8 Å². The summed E-state index contributed by atoms with van der Waals surface area (Å²) >= 11 is 0. The lowest BCUT2D eigenvalue weighted by atomic mass is 10.0. The van der Waals surface area contributed by atoms with Crippen molar-refractivity contribution in [3.05, 3.63) is 91.1 Å². The molecular formula is C32H46F6N7O4S2+3. The molecule has 0 aliphatic heterocycles. The van der Waals surface area contributed by atoms with Crippen molar-refractivity contribution in [2.45, 2.75) is 110 Å². The van der Waals surface area contributed by atoms with E-state index in [-0.39, 0.29) is 0 Å². The van der Waals surface area contributed by atoms with Gasteiger partial charge in [0.05, 0.1) is 19.6 Å². The van der Waals surface area contributed by atoms with Crippen LogP contribution in [0.3, 0.4) is 0 Å². The fraction of sp³-hybridized carbons (Fsp3) is 0.531. The van der Waals surface area contributed by atoms with Gasteiger partial charge in [0, 0.05) is 0 Å². The first-order chi connectivity index (χ1) is 23.9. The van der Waals surface area contributed by atoms with E-state index in [2.05, 4.69) is 123 Å². The van der Waals surface area contributed by atoms with Crippen molar-refractivity contribution in [2.24, 2.45) is 0 Å². The number of hydrogen-bond donors (Lipinski definition) is 1. The summed E-state index contributed by atoms with van der Waals surface area (Å²) in [5.41, 5.74) is -8.22. The molecule has 4 rings (SSSR count). The predicted molar refractivity (Wildman–Crippen MR) is 175 cm³/mol. The predicted octanol–water partition coefficient (Wildman–Crippen LogP) is 4.77. The highest BCUT2D eigenvalue weighted by atomic mass is 32.3. The molecule has 0 bridgehead atoms. The molecule has 0 spiro atoms. The van der Waals surface area contributed by atoms with Gasteiger partial charge in [-0.25, -0.2) is 44.2 Å². The highest BCUT2D eigenvalue weighted by molar-refractivity contribution is 8.05. The van der Waals surface area contributed by atoms with Crippen LogP contribution in [0.4, 0.5) is 26.3 Å². The molecule has 0 amide bonds. The smallest absolute Gasteiger partial charge is 0.237 e. The zero-order valence-electron chi connectivity index (χ0n) is 28.8. The van der Waals surface area contributed by atoms with Gasteiger partial charge >= 0.3 is 31.1 Å². The maximum absolute atomic E-state index is 11.5. The number of sulfonamides is 2. The van der Waals surface area contributed by atoms with Crippen molar-refractivity contribution < 1.29 is 56.9 Å². The lowest BCUT2D eigenvalue weighted by Gasteiger charge is -2.11. The third kappa shape index (κ3) is 13.1. The summed E-state index contributed by atoms with van der Waals surface area (Å²) in [4.78, 5) is 0. The number of aromatic nitrogens is 6. The van der Waals surface area contributed by atoms with Crippen LogP contribution in [-0.4, -0.2) is 41.6 Å². The number of rotatable bonds is 17. The summed E-state index contributed by atoms with van der Waals surface area (Å²) in [6, 6.07) is 7.15. The van der Waals surface area contributed by atoms with Crippen molar-refractivity contribution in [3.8, 4) is 0 Å². The number of alkyl halides is 6. The Morgan fingerprint density at radius 2 is 0.824 bits per heavy atom. The SMILES string of the molecule is CCCCn1cc[n+](Cc2cc(C[n+]3ccn(CCCC)c3)cc(C[n+]3ccn(CCCC)c3)c2)c1.O=S(=O)(NS(=O)(=O)C(F)(F)F)C(F)(F)F. The lowest BCUT2D eigenvalue weighted by Crippen LogP contribution is -2.45. The average molecular weight is 771 g/mol. The molecule has 0 aliphatic rings. The Morgan fingerprint density at radius 1 is 0.549 bits per heavy atom. The number of nitrogens with one attached hydrogen (secondary N) is 1. The van der Waals surface area contributed by atoms with E-state index < -0.39 is 35.2 Å². The molecule has 51 heavy (non-hydrogen) atoms. The fourth-order valence-corrected chi connectivity index (χ4v) is 6.91. The Balaban J connectivity index is 0.000000396. The van der Waals surface area contributed by atoms with Gasteiger partial charge in [-0.05, 0) is 54.2 Å². The summed E-state index contributed by atoms with van der Waals surface area (Å²) in [6.45, 7) is 12.7. The van der Waals surface area contributed by atoms with E-state index in [1.54, 1.807) is 0 Å². The molecule has 0 saturated carbocycles. The minimum atomic E-state index is -6.60. The highest BCUT2D eigenvalue weighted by Gasteiger charge is 2.55. The molecule has 0 radical (unpaired) electrons. The molecule has 0 saturated heterocycles. The zero-order valence-corrected chi connectivity index (χ0v) is 30.4. The molecule has 3 heterocycles. The monoisotopic (exact) mass is 770 g/mol. The van der Waals surface area contributed by atoms with Crippen LogP contribution in [0.15, 0.2) is 74.4 Å². The van der Waals surface area contributed by atoms with Gasteiger partial charge in [-0.2, -0.15) is 26.3 Å². The Bertz CT molecular complexity index is 1700. The molecule has 4 aromatic rings. The molecule has 1 N–H and O–H groups in total. The van der Waals surface area contributed by atoms with Crippen LogP contribution >= 0.6 is 0 Å². The summed E-state index contributed by atoms with van der Waals surface area (Å²) in [7, 11) is -13.2. The van der Waals surface area contributed by atoms with Crippen LogP contribution in [-0.2, 0) is 59.3 Å². The number of hydrogen-bond acceptors (Lipinski definition) is 4. The summed E-state index contributed by atoms with van der Waals surface area (Å²) < 4.78 is 122. The summed E-state index contributed by atoms with van der Waals surface area (Å²) in [5, 5.41) is 0. The molecule has 0 fully saturated rings. The Labute approximate surface area is 294 Å². The van der Waals surface area contributed by atoms with Gasteiger partial charge in [0.25, 0.3) is 0 Å². The second kappa shape index (κ2) is 18.2. The van der Waals surface area contributed by atoms with Gasteiger partial charge < -0.3 is 0 Å². The van der Waals surface area contributed by atoms with Gasteiger partial charge in [0.1, 0.15) is 56.8 Å². The van der Waals surface area contributed by atoms with Crippen molar-refractivity contribution in [2.75, 3.05) is 0 Å². The maximum atomic E-state index is 11.5. The van der Waals surface area contributed by atoms with Gasteiger partial charge in [0.2, 0.25) is 19.0 Å². The molecule has 19 heteroatoms. The van der Waals surface area contributed by atoms with Crippen LogP contribution in [0, 0.1) is 0 Å². The fourth-order valence-electron chi connectivity index (χ4n) is 5.00. The first-order valence-electron chi connectivity index (χ1n) is 16.5. The molecule has 0 unspecified atom stereocenters. The van der Waals surface area contributed by atoms with E-state index in [0.29, 0.717) is 0 Å². The van der Waals surface area contributed by atoms with E-state index in [1.807, 2.05) is 0 Å². The summed E-state index contributed by atoms with van der Waals surface area (Å²) in [5.74, 6) is 0. The van der Waals surface area contributed by atoms with Crippen LogP contribution in [0.1, 0.15) is 76.0 Å². The van der Waals surface area contributed by atoms with E-state index in [1.165, 1.54) is 55.2 Å². The molecule has 0 aliphatic carbocycles. The Morgan fingerprint density at radius 3 is 1.06 bits per heavy atom. The van der Waals surface area contributed by atoms with Gasteiger partial charge in [-0.3, -0.25) is 0 Å². The first-order valence-corrected chi connectivity index (χ1v) is 19.5. The number of unbranched alkanes of at least 4 members (excludes halogenated alkanes) is 3. The normalized spacial score (nSPS) is 12.6. The molecule has 11 nitrogen and oxygen atoms in total. The van der Waals surface area contributed by atoms with Crippen molar-refractivity contribution >= 4 is 20.0 Å². The zero-order chi connectivity index (χ0) is 37.9. The largest absolute Gasteiger partial charge is 0.512 e. The van der Waals surface area contributed by atoms with Crippen molar-refractivity contribution in [1.29, 1.82) is 0 Å². The van der Waals surface area contributed by atoms with E-state index in [9.17, 15) is 43.2 Å². The summed E-state index contributed by atoms with van der Waals surface area (Å²) in [6.07, 6.45) is 27.3. The van der Waals surface area contributed by atoms with E-state index in [4.69, 9.17) is 0 Å². The van der Waals surface area contributed by atoms with E-state index in [0.717, 1.165) is 39.3 Å². The lowest BCUT2D eigenvalue weighted by molar-refractivity contribution is -0.689. The quantitative estimate of drug-likeness (QED) is 0.123. The molecular weight excluding hydrogens is 725 g/mol. The third-order valence-electron chi connectivity index (χ3n) is 7.59. The van der Waals surface area contributed by atoms with Gasteiger partial charge in [0.15, 0.2) is 0 Å². The first kappa shape index (κ1) is 41.7. The second-order valence-electron chi connectivity index (χ2n) is 12.2. The molecule has 284 valence electrons. The number of nitrogens with zero attached hydrogens (tertiary/aromatic N) is 6. The maximum Gasteiger partial charge on any atom is 0.512 e. The minimum Gasteiger partial charge on any atom is -0.237 e. The topological polar surface area (TPSA) is 107 Å².